The number of amides is 5. The number of nitrogen functional groups attached to an aromatic ring is 1. The van der Waals surface area contributed by atoms with Crippen LogP contribution in [-0.2, 0) is 38.1 Å². The molecule has 0 radical (unpaired) electrons. The van der Waals surface area contributed by atoms with E-state index in [-0.39, 0.29) is 41.9 Å². The number of carbonyl (C=O) groups is 5. The Morgan fingerprint density at radius 3 is 2.03 bits per heavy atom. The number of imide groups is 2. The molecule has 3 heterocycles. The van der Waals surface area contributed by atoms with Gasteiger partial charge in [-0.1, -0.05) is 6.07 Å². The average Bonchev–Trinajstić information content (AvgIpc) is 3.48. The number of hydrogen-bond donors (Lipinski definition) is 3. The fraction of sp³-hybridized carbons (Fsp3) is 0.605. The smallest absolute Gasteiger partial charge is 0.264 e. The van der Waals surface area contributed by atoms with E-state index in [0.29, 0.717) is 103 Å². The molecule has 2 saturated heterocycles. The Morgan fingerprint density at radius 1 is 0.817 bits per heavy atom. The summed E-state index contributed by atoms with van der Waals surface area (Å²) < 4.78 is 33.7. The van der Waals surface area contributed by atoms with E-state index in [9.17, 15) is 24.0 Å². The molecule has 1 atom stereocenters. The van der Waals surface area contributed by atoms with Gasteiger partial charge < -0.3 is 44.8 Å². The Morgan fingerprint density at radius 2 is 1.42 bits per heavy atom. The number of hydrogen-bond acceptors (Lipinski definition) is 14. The predicted octanol–water partition coefficient (Wildman–Crippen LogP) is 2.60. The number of fused-ring (bicyclic) bond motifs is 1. The van der Waals surface area contributed by atoms with Crippen LogP contribution in [0, 0.1) is 6.92 Å². The van der Waals surface area contributed by atoms with Crippen molar-refractivity contribution < 1.29 is 52.4 Å². The molecule has 4 N–H and O–H groups in total. The molecule has 2 aromatic rings. The van der Waals surface area contributed by atoms with Crippen molar-refractivity contribution in [3.8, 4) is 5.75 Å². The van der Waals surface area contributed by atoms with Crippen LogP contribution in [0.4, 0.5) is 11.4 Å². The molecule has 1 unspecified atom stereocenters. The van der Waals surface area contributed by atoms with Crippen LogP contribution in [0.3, 0.4) is 0 Å². The summed E-state index contributed by atoms with van der Waals surface area (Å²) >= 11 is 0. The number of likely N-dealkylation sites (tertiary alicyclic amines) is 2. The van der Waals surface area contributed by atoms with Gasteiger partial charge in [-0.2, -0.15) is 0 Å². The number of nitrogens with two attached hydrogens (primary N) is 1. The number of aryl methyl sites for hydroxylation is 1. The number of piperidine rings is 2. The number of carbonyl (C=O) groups excluding carboxylic acids is 5. The summed E-state index contributed by atoms with van der Waals surface area (Å²) in [5.74, 6) is -0.821. The van der Waals surface area contributed by atoms with Gasteiger partial charge in [-0.3, -0.25) is 38.7 Å². The van der Waals surface area contributed by atoms with Crippen LogP contribution in [0.1, 0.15) is 77.3 Å². The quantitative estimate of drug-likeness (QED) is 0.0749. The normalized spacial score (nSPS) is 17.5. The molecule has 330 valence electrons. The zero-order chi connectivity index (χ0) is 43.0. The molecule has 0 spiro atoms. The minimum absolute atomic E-state index is 0.00339. The third-order valence-electron chi connectivity index (χ3n) is 10.7. The summed E-state index contributed by atoms with van der Waals surface area (Å²) in [4.78, 5) is 67.6. The van der Waals surface area contributed by atoms with Gasteiger partial charge >= 0.3 is 0 Å². The summed E-state index contributed by atoms with van der Waals surface area (Å²) in [5, 5.41) is 6.09. The molecule has 5 rings (SSSR count). The second-order valence-corrected chi connectivity index (χ2v) is 15.4. The van der Waals surface area contributed by atoms with Gasteiger partial charge in [-0.25, -0.2) is 0 Å². The first kappa shape index (κ1) is 46.4. The highest BCUT2D eigenvalue weighted by Gasteiger charge is 2.47. The number of benzene rings is 2. The number of nitrogens with one attached hydrogen (secondary N) is 2. The summed E-state index contributed by atoms with van der Waals surface area (Å²) in [6.07, 6.45) is 2.22. The Balaban J connectivity index is 0.803. The van der Waals surface area contributed by atoms with Gasteiger partial charge in [0.25, 0.3) is 17.7 Å². The summed E-state index contributed by atoms with van der Waals surface area (Å²) in [6, 6.07) is 8.03. The SMILES string of the molecule is Cc1cc(N)c(OC(C)C)cc1C1CCN(CC(=O)NCCOCCOCCOCCOCCOCCNc2cccc3c2C(=O)N(C2CCC(=O)N(C)C2=O)C3=O)CC1. The van der Waals surface area contributed by atoms with E-state index in [1.807, 2.05) is 19.9 Å². The molecule has 60 heavy (non-hydrogen) atoms. The van der Waals surface area contributed by atoms with Crippen molar-refractivity contribution in [3.05, 3.63) is 52.6 Å². The number of ether oxygens (including phenoxy) is 6. The standard InChI is InChI=1S/C43H62N6O11/c1-29(2)60-37-27-33(30(3)26-34(37)44)31-10-14-48(15-11-31)28-38(50)46-13-17-56-19-21-58-23-25-59-24-22-57-20-18-55-16-12-45-35-7-5-6-32-40(35)43(54)49(41(32)52)36-8-9-39(51)47(4)42(36)53/h5-7,26-27,29,31,36,45H,8-25,28,44H2,1-4H3,(H,46,50). The molecule has 2 aromatic carbocycles. The topological polar surface area (TPSA) is 201 Å². The predicted molar refractivity (Wildman–Crippen MR) is 223 cm³/mol. The molecule has 3 aliphatic rings. The fourth-order valence-electron chi connectivity index (χ4n) is 7.56. The maximum atomic E-state index is 13.3. The lowest BCUT2D eigenvalue weighted by Gasteiger charge is -2.32. The van der Waals surface area contributed by atoms with Crippen molar-refractivity contribution in [2.45, 2.75) is 64.5 Å². The molecule has 0 saturated carbocycles. The van der Waals surface area contributed by atoms with Crippen LogP contribution >= 0.6 is 0 Å². The second kappa shape index (κ2) is 23.4. The number of rotatable bonds is 25. The van der Waals surface area contributed by atoms with Crippen LogP contribution in [0.25, 0.3) is 0 Å². The van der Waals surface area contributed by atoms with Gasteiger partial charge in [0.05, 0.1) is 95.5 Å². The van der Waals surface area contributed by atoms with Crippen LogP contribution < -0.4 is 21.1 Å². The molecule has 0 aromatic heterocycles. The summed E-state index contributed by atoms with van der Waals surface area (Å²) in [6.45, 7) is 13.0. The highest BCUT2D eigenvalue weighted by Crippen LogP contribution is 2.36. The number of likely N-dealkylation sites (N-methyl/N-ethyl adjacent to an activating group) is 1. The first-order valence-corrected chi connectivity index (χ1v) is 21.0. The second-order valence-electron chi connectivity index (χ2n) is 15.4. The first-order valence-electron chi connectivity index (χ1n) is 21.0. The lowest BCUT2D eigenvalue weighted by atomic mass is 9.86. The molecular weight excluding hydrogens is 777 g/mol. The Kier molecular flexibility index (Phi) is 18.1. The summed E-state index contributed by atoms with van der Waals surface area (Å²) in [5.41, 5.74) is 10.2. The molecule has 2 fully saturated rings. The van der Waals surface area contributed by atoms with Crippen LogP contribution in [-0.4, -0.2) is 162 Å². The lowest BCUT2D eigenvalue weighted by Crippen LogP contribution is -2.54. The highest BCUT2D eigenvalue weighted by atomic mass is 16.6. The Bertz CT molecular complexity index is 1780. The van der Waals surface area contributed by atoms with E-state index in [4.69, 9.17) is 34.2 Å². The molecule has 5 amide bonds. The van der Waals surface area contributed by atoms with Crippen LogP contribution in [0.15, 0.2) is 30.3 Å². The number of anilines is 2. The van der Waals surface area contributed by atoms with Gasteiger partial charge in [0.15, 0.2) is 0 Å². The van der Waals surface area contributed by atoms with E-state index < -0.39 is 23.8 Å². The Hall–Kier alpha value is -4.65. The van der Waals surface area contributed by atoms with Crippen molar-refractivity contribution in [1.29, 1.82) is 0 Å². The van der Waals surface area contributed by atoms with E-state index >= 15 is 0 Å². The molecule has 17 nitrogen and oxygen atoms in total. The van der Waals surface area contributed by atoms with Crippen LogP contribution in [0.2, 0.25) is 0 Å². The van der Waals surface area contributed by atoms with Crippen molar-refractivity contribution in [1.82, 2.24) is 20.0 Å². The van der Waals surface area contributed by atoms with Gasteiger partial charge in [0, 0.05) is 32.2 Å². The minimum atomic E-state index is -1.00. The third-order valence-corrected chi connectivity index (χ3v) is 10.7. The number of nitrogens with zero attached hydrogens (tertiary/aromatic N) is 3. The van der Waals surface area contributed by atoms with Crippen molar-refractivity contribution >= 4 is 40.9 Å². The minimum Gasteiger partial charge on any atom is -0.489 e. The molecule has 0 aliphatic carbocycles. The van der Waals surface area contributed by atoms with Crippen molar-refractivity contribution in [2.24, 2.45) is 0 Å². The van der Waals surface area contributed by atoms with E-state index in [2.05, 4.69) is 28.5 Å². The van der Waals surface area contributed by atoms with Gasteiger partial charge in [0.1, 0.15) is 11.8 Å². The third kappa shape index (κ3) is 12.9. The van der Waals surface area contributed by atoms with E-state index in [0.717, 1.165) is 41.5 Å². The van der Waals surface area contributed by atoms with E-state index in [1.165, 1.54) is 18.2 Å². The zero-order valence-electron chi connectivity index (χ0n) is 35.5. The first-order chi connectivity index (χ1) is 29.0. The molecule has 0 bridgehead atoms. The monoisotopic (exact) mass is 838 g/mol. The van der Waals surface area contributed by atoms with E-state index in [1.54, 1.807) is 18.2 Å². The van der Waals surface area contributed by atoms with Crippen molar-refractivity contribution in [2.75, 3.05) is 117 Å². The zero-order valence-corrected chi connectivity index (χ0v) is 35.5. The summed E-state index contributed by atoms with van der Waals surface area (Å²) in [7, 11) is 1.36. The van der Waals surface area contributed by atoms with Gasteiger partial charge in [0.2, 0.25) is 11.8 Å². The fourth-order valence-corrected chi connectivity index (χ4v) is 7.56. The molecule has 3 aliphatic heterocycles. The molecular formula is C43H62N6O11. The largest absolute Gasteiger partial charge is 0.489 e. The average molecular weight is 839 g/mol. The van der Waals surface area contributed by atoms with Crippen molar-refractivity contribution in [3.63, 3.8) is 0 Å². The Labute approximate surface area is 352 Å². The molecule has 17 heteroatoms. The van der Waals surface area contributed by atoms with Crippen LogP contribution in [0.5, 0.6) is 5.75 Å². The maximum Gasteiger partial charge on any atom is 0.264 e. The van der Waals surface area contributed by atoms with Gasteiger partial charge in [-0.05, 0) is 94.4 Å². The van der Waals surface area contributed by atoms with Gasteiger partial charge in [-0.15, -0.1) is 0 Å². The maximum absolute atomic E-state index is 13.3. The lowest BCUT2D eigenvalue weighted by molar-refractivity contribution is -0.149. The highest BCUT2D eigenvalue weighted by molar-refractivity contribution is 6.25.